The van der Waals surface area contributed by atoms with E-state index in [1.807, 2.05) is 36.4 Å². The number of H-pyrrole nitrogens is 1. The van der Waals surface area contributed by atoms with Gasteiger partial charge in [-0.15, -0.1) is 0 Å². The summed E-state index contributed by atoms with van der Waals surface area (Å²) in [6.07, 6.45) is 1.13. The zero-order valence-corrected chi connectivity index (χ0v) is 33.2. The highest BCUT2D eigenvalue weighted by Crippen LogP contribution is 2.25. The number of halogens is 1. The second kappa shape index (κ2) is 19.3. The molecule has 3 heterocycles. The summed E-state index contributed by atoms with van der Waals surface area (Å²) in [7, 11) is 0. The molecule has 4 N–H and O–H groups in total. The summed E-state index contributed by atoms with van der Waals surface area (Å²) in [5.41, 5.74) is 1.96. The lowest BCUT2D eigenvalue weighted by molar-refractivity contribution is -0.131. The molecule has 0 bridgehead atoms. The molecule has 2 aromatic heterocycles. The average molecular weight is 807 g/mol. The van der Waals surface area contributed by atoms with Crippen LogP contribution in [0, 0.1) is 5.82 Å². The number of carbonyl (C=O) groups excluding carboxylic acids is 4. The summed E-state index contributed by atoms with van der Waals surface area (Å²) in [5, 5.41) is 16.3. The third-order valence-corrected chi connectivity index (χ3v) is 9.40. The number of fused-ring (bicyclic) bond motifs is 1. The molecule has 5 aromatic rings. The number of aromatic amines is 1. The zero-order valence-electron chi connectivity index (χ0n) is 33.2. The van der Waals surface area contributed by atoms with Gasteiger partial charge in [-0.25, -0.2) is 19.3 Å². The minimum atomic E-state index is -0.739. The summed E-state index contributed by atoms with van der Waals surface area (Å²) in [4.78, 5) is 71.6. The molecule has 0 atom stereocenters. The number of anilines is 1. The lowest BCUT2D eigenvalue weighted by Crippen LogP contribution is -2.52. The number of aromatic nitrogens is 3. The Morgan fingerprint density at radius 1 is 0.847 bits per heavy atom. The van der Waals surface area contributed by atoms with Crippen LogP contribution >= 0.6 is 0 Å². The molecule has 0 aliphatic carbocycles. The highest BCUT2D eigenvalue weighted by Gasteiger charge is 2.27. The number of rotatable bonds is 14. The summed E-state index contributed by atoms with van der Waals surface area (Å²) in [6.45, 7) is 7.42. The standard InChI is InChI=1S/C43H47FN8O7/c1-43(2,3)59-42(57)48-36-25-30(29-9-5-4-6-10-29)26-47-38(36)40(55)46-16-22-58-21-15-45-27-37(53)51-17-19-52(20-18-51)41(56)33-23-28(13-14-34(33)44)24-35-31-11-7-8-12-32(31)39(54)50-49-35/h4-14,23,25-26,45H,15-22,24,27H2,1-3H3,(H,46,55)(H,48,57)(H,50,54). The highest BCUT2D eigenvalue weighted by atomic mass is 19.1. The maximum Gasteiger partial charge on any atom is 0.412 e. The molecule has 1 aliphatic heterocycles. The maximum absolute atomic E-state index is 14.9. The fraction of sp³-hybridized carbons (Fsp3) is 0.326. The molecule has 3 aromatic carbocycles. The minimum Gasteiger partial charge on any atom is -0.444 e. The molecule has 1 fully saturated rings. The molecule has 1 aliphatic rings. The molecule has 0 unspecified atom stereocenters. The Labute approximate surface area is 340 Å². The molecule has 1 saturated heterocycles. The van der Waals surface area contributed by atoms with Gasteiger partial charge in [0.2, 0.25) is 5.91 Å². The predicted octanol–water partition coefficient (Wildman–Crippen LogP) is 4.38. The molecule has 59 heavy (non-hydrogen) atoms. The number of nitrogens with one attached hydrogen (secondary N) is 4. The number of nitrogens with zero attached hydrogens (tertiary/aromatic N) is 4. The van der Waals surface area contributed by atoms with Gasteiger partial charge >= 0.3 is 6.09 Å². The van der Waals surface area contributed by atoms with Gasteiger partial charge in [-0.2, -0.15) is 5.10 Å². The Hall–Kier alpha value is -6.52. The normalized spacial score (nSPS) is 12.9. The maximum atomic E-state index is 14.9. The van der Waals surface area contributed by atoms with E-state index >= 15 is 0 Å². The second-order valence-electron chi connectivity index (χ2n) is 14.9. The molecule has 6 rings (SSSR count). The lowest BCUT2D eigenvalue weighted by Gasteiger charge is -2.35. The third kappa shape index (κ3) is 11.3. The smallest absolute Gasteiger partial charge is 0.412 e. The van der Waals surface area contributed by atoms with Gasteiger partial charge in [0.25, 0.3) is 17.4 Å². The van der Waals surface area contributed by atoms with Crippen molar-refractivity contribution in [1.82, 2.24) is 35.6 Å². The molecule has 0 spiro atoms. The van der Waals surface area contributed by atoms with Crippen molar-refractivity contribution >= 4 is 40.3 Å². The van der Waals surface area contributed by atoms with Crippen molar-refractivity contribution in [2.75, 3.05) is 64.3 Å². The minimum absolute atomic E-state index is 0.0215. The quantitative estimate of drug-likeness (QED) is 0.117. The Morgan fingerprint density at radius 2 is 1.54 bits per heavy atom. The van der Waals surface area contributed by atoms with Crippen LogP contribution in [0.5, 0.6) is 0 Å². The first-order valence-corrected chi connectivity index (χ1v) is 19.3. The first-order valence-electron chi connectivity index (χ1n) is 19.3. The van der Waals surface area contributed by atoms with Crippen LogP contribution in [0.2, 0.25) is 0 Å². The van der Waals surface area contributed by atoms with Gasteiger partial charge in [0.1, 0.15) is 11.4 Å². The van der Waals surface area contributed by atoms with E-state index in [-0.39, 0.29) is 74.2 Å². The molecule has 0 radical (unpaired) electrons. The van der Waals surface area contributed by atoms with Crippen LogP contribution in [0.1, 0.15) is 52.9 Å². The Kier molecular flexibility index (Phi) is 13.8. The van der Waals surface area contributed by atoms with Crippen LogP contribution in [0.3, 0.4) is 0 Å². The second-order valence-corrected chi connectivity index (χ2v) is 14.9. The van der Waals surface area contributed by atoms with E-state index in [0.29, 0.717) is 47.2 Å². The van der Waals surface area contributed by atoms with Gasteiger partial charge in [-0.3, -0.25) is 24.5 Å². The van der Waals surface area contributed by atoms with Crippen LogP contribution in [0.15, 0.2) is 89.9 Å². The number of hydrogen-bond acceptors (Lipinski definition) is 10. The molecule has 4 amide bonds. The van der Waals surface area contributed by atoms with Crippen LogP contribution in [-0.4, -0.2) is 113 Å². The van der Waals surface area contributed by atoms with Gasteiger partial charge in [-0.1, -0.05) is 54.6 Å². The van der Waals surface area contributed by atoms with E-state index in [9.17, 15) is 28.4 Å². The Bertz CT molecular complexity index is 2360. The van der Waals surface area contributed by atoms with Gasteiger partial charge in [-0.05, 0) is 56.2 Å². The van der Waals surface area contributed by atoms with Gasteiger partial charge < -0.3 is 29.9 Å². The number of ether oxygens (including phenoxy) is 2. The number of hydrogen-bond donors (Lipinski definition) is 4. The van der Waals surface area contributed by atoms with Gasteiger partial charge in [0, 0.05) is 62.8 Å². The molecule has 16 heteroatoms. The summed E-state index contributed by atoms with van der Waals surface area (Å²) in [5.74, 6) is -1.74. The van der Waals surface area contributed by atoms with Crippen molar-refractivity contribution in [2.45, 2.75) is 32.8 Å². The van der Waals surface area contributed by atoms with Crippen molar-refractivity contribution in [3.63, 3.8) is 0 Å². The monoisotopic (exact) mass is 806 g/mol. The van der Waals surface area contributed by atoms with Crippen LogP contribution in [-0.2, 0) is 20.7 Å². The fourth-order valence-electron chi connectivity index (χ4n) is 6.49. The first kappa shape index (κ1) is 42.1. The van der Waals surface area contributed by atoms with Crippen molar-refractivity contribution in [3.8, 4) is 11.1 Å². The topological polar surface area (TPSA) is 188 Å². The van der Waals surface area contributed by atoms with E-state index in [1.54, 1.807) is 62.2 Å². The van der Waals surface area contributed by atoms with E-state index < -0.39 is 29.3 Å². The van der Waals surface area contributed by atoms with Crippen LogP contribution < -0.4 is 21.5 Å². The van der Waals surface area contributed by atoms with Crippen molar-refractivity contribution in [2.24, 2.45) is 0 Å². The third-order valence-electron chi connectivity index (χ3n) is 9.40. The van der Waals surface area contributed by atoms with E-state index in [0.717, 1.165) is 5.56 Å². The molecular weight excluding hydrogens is 760 g/mol. The fourth-order valence-corrected chi connectivity index (χ4v) is 6.49. The van der Waals surface area contributed by atoms with E-state index in [4.69, 9.17) is 9.47 Å². The van der Waals surface area contributed by atoms with Crippen LogP contribution in [0.4, 0.5) is 14.9 Å². The zero-order chi connectivity index (χ0) is 41.9. The predicted molar refractivity (Wildman–Crippen MR) is 220 cm³/mol. The largest absolute Gasteiger partial charge is 0.444 e. The Morgan fingerprint density at radius 3 is 2.29 bits per heavy atom. The van der Waals surface area contributed by atoms with Gasteiger partial charge in [0.15, 0.2) is 5.69 Å². The average Bonchev–Trinajstić information content (AvgIpc) is 3.22. The summed E-state index contributed by atoms with van der Waals surface area (Å²) in [6, 6.07) is 22.6. The van der Waals surface area contributed by atoms with Crippen molar-refractivity contribution in [1.29, 1.82) is 0 Å². The summed E-state index contributed by atoms with van der Waals surface area (Å²) < 4.78 is 25.9. The molecule has 0 saturated carbocycles. The number of piperazine rings is 1. The molecule has 308 valence electrons. The number of benzene rings is 3. The molecular formula is C43H47FN8O7. The van der Waals surface area contributed by atoms with E-state index in [2.05, 4.69) is 31.1 Å². The van der Waals surface area contributed by atoms with Crippen molar-refractivity contribution < 1.29 is 33.0 Å². The van der Waals surface area contributed by atoms with Crippen LogP contribution in [0.25, 0.3) is 21.9 Å². The lowest BCUT2D eigenvalue weighted by atomic mass is 10.0. The number of carbonyl (C=O) groups is 4. The molecule has 15 nitrogen and oxygen atoms in total. The Balaban J connectivity index is 0.904. The first-order chi connectivity index (χ1) is 28.4. The highest BCUT2D eigenvalue weighted by molar-refractivity contribution is 6.01. The summed E-state index contributed by atoms with van der Waals surface area (Å²) >= 11 is 0. The van der Waals surface area contributed by atoms with Gasteiger partial charge in [0.05, 0.1) is 42.1 Å². The number of pyridine rings is 1. The van der Waals surface area contributed by atoms with E-state index in [1.165, 1.54) is 17.0 Å². The van der Waals surface area contributed by atoms with Crippen molar-refractivity contribution in [3.05, 3.63) is 124 Å². The number of amides is 4. The SMILES string of the molecule is CC(C)(C)OC(=O)Nc1cc(-c2ccccc2)cnc1C(=O)NCCOCCNCC(=O)N1CCN(C(=O)c2cc(Cc3n[nH]c(=O)c4ccccc34)ccc2F)CC1.